The van der Waals surface area contributed by atoms with Crippen LogP contribution in [0.25, 0.3) is 22.1 Å². The summed E-state index contributed by atoms with van der Waals surface area (Å²) in [6, 6.07) is 9.17. The highest BCUT2D eigenvalue weighted by molar-refractivity contribution is 7.90. The Morgan fingerprint density at radius 2 is 1.19 bits per heavy atom. The molecule has 14 nitrogen and oxygen atoms in total. The van der Waals surface area contributed by atoms with Gasteiger partial charge in [0, 0.05) is 69.7 Å². The molecule has 0 amide bonds. The number of aliphatic hydroxyl groups is 1. The molecule has 6 aromatic rings. The maximum atomic E-state index is 14.1. The lowest BCUT2D eigenvalue weighted by atomic mass is 10.1. The fraction of sp³-hybridized carbons (Fsp3) is 0.257. The van der Waals surface area contributed by atoms with E-state index >= 15 is 0 Å². The Labute approximate surface area is 305 Å². The zero-order valence-corrected chi connectivity index (χ0v) is 30.9. The third-order valence-electron chi connectivity index (χ3n) is 8.28. The van der Waals surface area contributed by atoms with Crippen LogP contribution in [0.15, 0.2) is 75.7 Å². The van der Waals surface area contributed by atoms with E-state index in [1.165, 1.54) is 66.1 Å². The average Bonchev–Trinajstić information content (AvgIpc) is 3.10. The van der Waals surface area contributed by atoms with E-state index in [4.69, 9.17) is 0 Å². The highest BCUT2D eigenvalue weighted by Crippen LogP contribution is 2.28. The first-order valence-electron chi connectivity index (χ1n) is 15.9. The lowest BCUT2D eigenvalue weighted by molar-refractivity contribution is 0.233. The topological polar surface area (TPSA) is 168 Å². The fourth-order valence-corrected chi connectivity index (χ4v) is 5.77. The summed E-state index contributed by atoms with van der Waals surface area (Å²) in [7, 11) is 2.33. The first-order chi connectivity index (χ1) is 25.2. The van der Waals surface area contributed by atoms with Gasteiger partial charge in [-0.2, -0.15) is 9.97 Å². The van der Waals surface area contributed by atoms with Crippen LogP contribution in [0.1, 0.15) is 13.8 Å². The van der Waals surface area contributed by atoms with Crippen LogP contribution >= 0.6 is 0 Å². The number of halogens is 4. The number of benzene rings is 2. The summed E-state index contributed by atoms with van der Waals surface area (Å²) in [6.45, 7) is 3.45. The molecule has 4 heterocycles. The summed E-state index contributed by atoms with van der Waals surface area (Å²) in [5.74, 6) is -2.75. The number of nitrogens with zero attached hydrogens (tertiary/aromatic N) is 8. The summed E-state index contributed by atoms with van der Waals surface area (Å²) in [5, 5.41) is 12.9. The summed E-state index contributed by atoms with van der Waals surface area (Å²) < 4.78 is 80.2. The second-order valence-electron chi connectivity index (χ2n) is 12.9. The van der Waals surface area contributed by atoms with Gasteiger partial charge in [0.1, 0.15) is 45.9 Å². The molecule has 0 aliphatic rings. The molecule has 2 aromatic carbocycles. The van der Waals surface area contributed by atoms with Crippen LogP contribution in [0.2, 0.25) is 0 Å². The standard InChI is InChI=1S/C19H21F2N5O2.C16H14F2N4O3S/c1-19(2,10-27)24-18-22-9-11-7-15(17(28)26(4)16(11)23-18)25(3)14-6-5-12(20)8-13(14)21;1-21(12-5-4-10(17)7-11(12)18)13-6-9-8-19-16(26(3,24)25)20-14(9)22(2)15(13)23/h5-9,27H,10H2,1-4H3,(H,22,23,24);4-8H,1-3H3. The molecule has 0 bridgehead atoms. The number of hydrogen-bond donors (Lipinski definition) is 2. The highest BCUT2D eigenvalue weighted by atomic mass is 32.2. The molecule has 0 saturated heterocycles. The van der Waals surface area contributed by atoms with Crippen molar-refractivity contribution in [2.75, 3.05) is 42.1 Å². The first kappa shape index (κ1) is 39.3. The minimum absolute atomic E-state index is 0.0107. The van der Waals surface area contributed by atoms with Crippen molar-refractivity contribution in [1.29, 1.82) is 0 Å². The summed E-state index contributed by atoms with van der Waals surface area (Å²) in [6.07, 6.45) is 3.78. The van der Waals surface area contributed by atoms with Gasteiger partial charge in [0.25, 0.3) is 11.1 Å². The van der Waals surface area contributed by atoms with Gasteiger partial charge >= 0.3 is 0 Å². The fourth-order valence-electron chi connectivity index (χ4n) is 5.27. The molecule has 54 heavy (non-hydrogen) atoms. The zero-order valence-electron chi connectivity index (χ0n) is 30.1. The molecular weight excluding hydrogens is 735 g/mol. The molecule has 2 N–H and O–H groups in total. The predicted molar refractivity (Wildman–Crippen MR) is 196 cm³/mol. The molecular formula is C35H35F4N9O5S. The van der Waals surface area contributed by atoms with Crippen LogP contribution in [0.3, 0.4) is 0 Å². The predicted octanol–water partition coefficient (Wildman–Crippen LogP) is 4.34. The van der Waals surface area contributed by atoms with Crippen molar-refractivity contribution >= 4 is 60.6 Å². The van der Waals surface area contributed by atoms with Crippen LogP contribution in [0, 0.1) is 23.3 Å². The Morgan fingerprint density at radius 1 is 0.741 bits per heavy atom. The molecule has 19 heteroatoms. The third-order valence-corrected chi connectivity index (χ3v) is 9.14. The van der Waals surface area contributed by atoms with E-state index in [2.05, 4.69) is 25.3 Å². The number of rotatable bonds is 8. The van der Waals surface area contributed by atoms with Gasteiger partial charge in [0.05, 0.1) is 23.5 Å². The third kappa shape index (κ3) is 8.01. The van der Waals surface area contributed by atoms with E-state index in [1.807, 2.05) is 0 Å². The van der Waals surface area contributed by atoms with E-state index < -0.39 is 54.9 Å². The van der Waals surface area contributed by atoms with E-state index in [0.717, 1.165) is 35.1 Å². The monoisotopic (exact) mass is 769 g/mol. The number of hydrogen-bond acceptors (Lipinski definition) is 12. The Balaban J connectivity index is 0.000000208. The average molecular weight is 770 g/mol. The van der Waals surface area contributed by atoms with E-state index in [1.54, 1.807) is 27.0 Å². The van der Waals surface area contributed by atoms with E-state index in [0.29, 0.717) is 16.4 Å². The van der Waals surface area contributed by atoms with E-state index in [-0.39, 0.29) is 41.0 Å². The van der Waals surface area contributed by atoms with Gasteiger partial charge in [-0.05, 0) is 50.2 Å². The van der Waals surface area contributed by atoms with Gasteiger partial charge in [-0.3, -0.25) is 18.7 Å². The smallest absolute Gasteiger partial charge is 0.275 e. The number of aromatic nitrogens is 6. The minimum atomic E-state index is -3.64. The van der Waals surface area contributed by atoms with Gasteiger partial charge in [-0.15, -0.1) is 0 Å². The summed E-state index contributed by atoms with van der Waals surface area (Å²) in [5.41, 5.74) is -0.672. The number of aliphatic hydroxyl groups excluding tert-OH is 1. The van der Waals surface area contributed by atoms with Crippen molar-refractivity contribution in [2.24, 2.45) is 14.1 Å². The molecule has 0 saturated carbocycles. The zero-order chi connectivity index (χ0) is 39.9. The molecule has 0 aliphatic carbocycles. The highest BCUT2D eigenvalue weighted by Gasteiger charge is 2.21. The van der Waals surface area contributed by atoms with Crippen LogP contribution < -0.4 is 26.2 Å². The molecule has 4 aromatic heterocycles. The molecule has 0 atom stereocenters. The SMILES string of the molecule is CN(c1ccc(F)cc1F)c1cc2cnc(NC(C)(C)CO)nc2n(C)c1=O.CN(c1ccc(F)cc1F)c1cc2cnc(S(C)(=O)=O)nc2n(C)c1=O. The number of anilines is 5. The lowest BCUT2D eigenvalue weighted by Crippen LogP contribution is -2.35. The van der Waals surface area contributed by atoms with Gasteiger partial charge < -0.3 is 20.2 Å². The number of fused-ring (bicyclic) bond motifs is 2. The molecule has 0 aliphatic heterocycles. The van der Waals surface area contributed by atoms with Gasteiger partial charge in [-0.25, -0.2) is 35.9 Å². The Kier molecular flexibility index (Phi) is 10.8. The molecule has 284 valence electrons. The van der Waals surface area contributed by atoms with Crippen LogP contribution in [-0.4, -0.2) is 75.1 Å². The first-order valence-corrected chi connectivity index (χ1v) is 17.8. The molecule has 0 fully saturated rings. The molecule has 0 unspecified atom stereocenters. The Hall–Kier alpha value is -5.95. The largest absolute Gasteiger partial charge is 0.394 e. The number of nitrogens with one attached hydrogen (secondary N) is 1. The quantitative estimate of drug-likeness (QED) is 0.166. The van der Waals surface area contributed by atoms with Crippen LogP contribution in [0.5, 0.6) is 0 Å². The molecule has 0 spiro atoms. The Bertz CT molecular complexity index is 2650. The van der Waals surface area contributed by atoms with Crippen molar-refractivity contribution < 1.29 is 31.1 Å². The van der Waals surface area contributed by atoms with Crippen molar-refractivity contribution in [3.63, 3.8) is 0 Å². The van der Waals surface area contributed by atoms with Gasteiger partial charge in [0.15, 0.2) is 0 Å². The van der Waals surface area contributed by atoms with Crippen LogP contribution in [-0.2, 0) is 23.9 Å². The number of pyridine rings is 2. The summed E-state index contributed by atoms with van der Waals surface area (Å²) in [4.78, 5) is 44.4. The lowest BCUT2D eigenvalue weighted by Gasteiger charge is -2.24. The summed E-state index contributed by atoms with van der Waals surface area (Å²) >= 11 is 0. The van der Waals surface area contributed by atoms with Gasteiger partial charge in [0.2, 0.25) is 20.9 Å². The van der Waals surface area contributed by atoms with Crippen molar-refractivity contribution in [2.45, 2.75) is 24.5 Å². The van der Waals surface area contributed by atoms with E-state index in [9.17, 15) is 40.7 Å². The van der Waals surface area contributed by atoms with Crippen LogP contribution in [0.4, 0.5) is 46.3 Å². The van der Waals surface area contributed by atoms with Crippen molar-refractivity contribution in [1.82, 2.24) is 29.1 Å². The number of sulfone groups is 1. The van der Waals surface area contributed by atoms with Gasteiger partial charge in [-0.1, -0.05) is 0 Å². The van der Waals surface area contributed by atoms with Crippen molar-refractivity contribution in [3.8, 4) is 0 Å². The minimum Gasteiger partial charge on any atom is -0.394 e. The molecule has 6 rings (SSSR count). The molecule has 0 radical (unpaired) electrons. The Morgan fingerprint density at radius 3 is 1.61 bits per heavy atom. The number of aryl methyl sites for hydroxylation is 2. The second-order valence-corrected chi connectivity index (χ2v) is 14.8. The second kappa shape index (κ2) is 14.8. The maximum Gasteiger partial charge on any atom is 0.275 e. The normalized spacial score (nSPS) is 11.7. The maximum absolute atomic E-state index is 14.1. The van der Waals surface area contributed by atoms with Crippen molar-refractivity contribution in [3.05, 3.63) is 105 Å².